The zero-order valence-electron chi connectivity index (χ0n) is 14.5. The second-order valence-corrected chi connectivity index (χ2v) is 6.69. The average Bonchev–Trinajstić information content (AvgIpc) is 3.00. The Labute approximate surface area is 144 Å². The van der Waals surface area contributed by atoms with Crippen molar-refractivity contribution in [1.29, 1.82) is 0 Å². The highest BCUT2D eigenvalue weighted by Gasteiger charge is 2.26. The Kier molecular flexibility index (Phi) is 6.07. The fourth-order valence-corrected chi connectivity index (χ4v) is 3.53. The van der Waals surface area contributed by atoms with E-state index in [-0.39, 0.29) is 6.61 Å². The predicted octanol–water partition coefficient (Wildman–Crippen LogP) is 2.70. The minimum Gasteiger partial charge on any atom is -0.465 e. The Hall–Kier alpha value is -1.62. The molecule has 2 aromatic rings. The molecule has 1 unspecified atom stereocenters. The van der Waals surface area contributed by atoms with Crippen LogP contribution in [0.15, 0.2) is 46.9 Å². The van der Waals surface area contributed by atoms with Gasteiger partial charge in [-0.25, -0.2) is 0 Å². The maximum absolute atomic E-state index is 9.44. The van der Waals surface area contributed by atoms with Gasteiger partial charge in [-0.05, 0) is 37.5 Å². The number of benzene rings is 1. The van der Waals surface area contributed by atoms with Gasteiger partial charge in [0, 0.05) is 38.8 Å². The fraction of sp³-hybridized carbons (Fsp3) is 0.500. The van der Waals surface area contributed by atoms with Crippen LogP contribution in [0.5, 0.6) is 0 Å². The molecular weight excluding hydrogens is 300 g/mol. The minimum atomic E-state index is 0.250. The third kappa shape index (κ3) is 4.69. The third-order valence-corrected chi connectivity index (χ3v) is 4.86. The lowest BCUT2D eigenvalue weighted by molar-refractivity contribution is 0.0528. The Morgan fingerprint density at radius 1 is 1.12 bits per heavy atom. The molecule has 1 fully saturated rings. The van der Waals surface area contributed by atoms with E-state index in [1.54, 1.807) is 0 Å². The van der Waals surface area contributed by atoms with Crippen LogP contribution in [-0.4, -0.2) is 53.7 Å². The van der Waals surface area contributed by atoms with Gasteiger partial charge in [-0.2, -0.15) is 0 Å². The molecular formula is C20H28N2O2. The Morgan fingerprint density at radius 3 is 2.67 bits per heavy atom. The second-order valence-electron chi connectivity index (χ2n) is 6.69. The highest BCUT2D eigenvalue weighted by molar-refractivity contribution is 5.15. The molecule has 130 valence electrons. The van der Waals surface area contributed by atoms with Gasteiger partial charge in [0.05, 0.1) is 6.54 Å². The van der Waals surface area contributed by atoms with Crippen molar-refractivity contribution in [3.05, 3.63) is 59.5 Å². The number of hydrogen-bond donors (Lipinski definition) is 1. The van der Waals surface area contributed by atoms with Crippen LogP contribution in [0.3, 0.4) is 0 Å². The van der Waals surface area contributed by atoms with Crippen LogP contribution in [0, 0.1) is 6.92 Å². The van der Waals surface area contributed by atoms with Gasteiger partial charge < -0.3 is 9.52 Å². The Balaban J connectivity index is 1.54. The van der Waals surface area contributed by atoms with Gasteiger partial charge in [-0.3, -0.25) is 9.80 Å². The third-order valence-electron chi connectivity index (χ3n) is 4.86. The average molecular weight is 328 g/mol. The predicted molar refractivity (Wildman–Crippen MR) is 95.9 cm³/mol. The summed E-state index contributed by atoms with van der Waals surface area (Å²) in [6.07, 6.45) is 1.91. The summed E-state index contributed by atoms with van der Waals surface area (Å²) in [5.74, 6) is 2.01. The van der Waals surface area contributed by atoms with Crippen LogP contribution in [0.25, 0.3) is 0 Å². The first-order chi connectivity index (χ1) is 11.7. The summed E-state index contributed by atoms with van der Waals surface area (Å²) in [5, 5.41) is 9.44. The molecule has 1 aliphatic rings. The van der Waals surface area contributed by atoms with E-state index < -0.39 is 0 Å². The van der Waals surface area contributed by atoms with E-state index >= 15 is 0 Å². The first-order valence-electron chi connectivity index (χ1n) is 8.91. The van der Waals surface area contributed by atoms with Crippen LogP contribution in [-0.2, 0) is 13.0 Å². The lowest BCUT2D eigenvalue weighted by Gasteiger charge is -2.41. The summed E-state index contributed by atoms with van der Waals surface area (Å²) in [4.78, 5) is 4.98. The first-order valence-corrected chi connectivity index (χ1v) is 8.91. The van der Waals surface area contributed by atoms with Crippen LogP contribution >= 0.6 is 0 Å². The molecule has 4 nitrogen and oxygen atoms in total. The number of furan rings is 1. The molecule has 1 aromatic heterocycles. The van der Waals surface area contributed by atoms with Crippen molar-refractivity contribution < 1.29 is 9.52 Å². The largest absolute Gasteiger partial charge is 0.465 e. The van der Waals surface area contributed by atoms with Gasteiger partial charge in [0.15, 0.2) is 0 Å². The van der Waals surface area contributed by atoms with Crippen molar-refractivity contribution in [3.8, 4) is 0 Å². The molecule has 0 amide bonds. The van der Waals surface area contributed by atoms with Crippen LogP contribution < -0.4 is 0 Å². The van der Waals surface area contributed by atoms with Crippen molar-refractivity contribution in [2.75, 3.05) is 32.8 Å². The summed E-state index contributed by atoms with van der Waals surface area (Å²) in [6, 6.07) is 15.2. The fourth-order valence-electron chi connectivity index (χ4n) is 3.53. The summed E-state index contributed by atoms with van der Waals surface area (Å²) in [6.45, 7) is 7.26. The molecule has 1 atom stereocenters. The van der Waals surface area contributed by atoms with E-state index in [4.69, 9.17) is 4.42 Å². The maximum atomic E-state index is 9.44. The Bertz CT molecular complexity index is 611. The highest BCUT2D eigenvalue weighted by Crippen LogP contribution is 2.17. The van der Waals surface area contributed by atoms with Crippen LogP contribution in [0.2, 0.25) is 0 Å². The number of piperazine rings is 1. The van der Waals surface area contributed by atoms with Crippen molar-refractivity contribution in [3.63, 3.8) is 0 Å². The zero-order chi connectivity index (χ0) is 16.8. The van der Waals surface area contributed by atoms with Crippen LogP contribution in [0.1, 0.15) is 23.5 Å². The Morgan fingerprint density at radius 2 is 1.96 bits per heavy atom. The van der Waals surface area contributed by atoms with E-state index in [2.05, 4.69) is 46.2 Å². The first kappa shape index (κ1) is 17.2. The molecule has 24 heavy (non-hydrogen) atoms. The van der Waals surface area contributed by atoms with Crippen molar-refractivity contribution in [2.45, 2.75) is 32.4 Å². The quantitative estimate of drug-likeness (QED) is 0.848. The SMILES string of the molecule is Cc1ccc(CN2CCN(CCc3ccccc3)C(CCO)C2)o1. The molecule has 2 heterocycles. The van der Waals surface area contributed by atoms with Crippen molar-refractivity contribution in [1.82, 2.24) is 9.80 Å². The highest BCUT2D eigenvalue weighted by atomic mass is 16.3. The van der Waals surface area contributed by atoms with E-state index in [1.165, 1.54) is 5.56 Å². The standard InChI is InChI=1S/C20H28N2O2/c1-17-7-8-20(24-17)16-21-12-13-22(19(15-21)10-14-23)11-9-18-5-3-2-4-6-18/h2-8,19,23H,9-16H2,1H3. The van der Waals surface area contributed by atoms with Gasteiger partial charge >= 0.3 is 0 Å². The molecule has 0 aliphatic carbocycles. The molecule has 4 heteroatoms. The van der Waals surface area contributed by atoms with Gasteiger partial charge in [0.25, 0.3) is 0 Å². The molecule has 0 radical (unpaired) electrons. The number of nitrogens with zero attached hydrogens (tertiary/aromatic N) is 2. The van der Waals surface area contributed by atoms with Gasteiger partial charge in [0.2, 0.25) is 0 Å². The second kappa shape index (κ2) is 8.47. The van der Waals surface area contributed by atoms with Gasteiger partial charge in [0.1, 0.15) is 11.5 Å². The molecule has 1 saturated heterocycles. The summed E-state index contributed by atoms with van der Waals surface area (Å²) in [7, 11) is 0. The van der Waals surface area contributed by atoms with Crippen molar-refractivity contribution in [2.24, 2.45) is 0 Å². The minimum absolute atomic E-state index is 0.250. The summed E-state index contributed by atoms with van der Waals surface area (Å²) >= 11 is 0. The molecule has 0 saturated carbocycles. The number of rotatable bonds is 7. The lowest BCUT2D eigenvalue weighted by Crippen LogP contribution is -2.53. The zero-order valence-corrected chi connectivity index (χ0v) is 14.5. The maximum Gasteiger partial charge on any atom is 0.118 e. The number of aryl methyl sites for hydroxylation is 1. The van der Waals surface area contributed by atoms with E-state index in [0.717, 1.165) is 57.1 Å². The smallest absolute Gasteiger partial charge is 0.118 e. The molecule has 0 spiro atoms. The summed E-state index contributed by atoms with van der Waals surface area (Å²) < 4.78 is 5.71. The molecule has 0 bridgehead atoms. The van der Waals surface area contributed by atoms with E-state index in [0.29, 0.717) is 6.04 Å². The molecule has 3 rings (SSSR count). The summed E-state index contributed by atoms with van der Waals surface area (Å²) in [5.41, 5.74) is 1.38. The monoisotopic (exact) mass is 328 g/mol. The van der Waals surface area contributed by atoms with Crippen molar-refractivity contribution >= 4 is 0 Å². The number of hydrogen-bond acceptors (Lipinski definition) is 4. The number of aliphatic hydroxyl groups is 1. The van der Waals surface area contributed by atoms with Gasteiger partial charge in [-0.1, -0.05) is 30.3 Å². The van der Waals surface area contributed by atoms with Crippen LogP contribution in [0.4, 0.5) is 0 Å². The van der Waals surface area contributed by atoms with E-state index in [9.17, 15) is 5.11 Å². The molecule has 1 aromatic carbocycles. The molecule has 1 aliphatic heterocycles. The molecule has 1 N–H and O–H groups in total. The normalized spacial score (nSPS) is 19.7. The number of aliphatic hydroxyl groups excluding tert-OH is 1. The topological polar surface area (TPSA) is 39.9 Å². The van der Waals surface area contributed by atoms with Gasteiger partial charge in [-0.15, -0.1) is 0 Å². The lowest BCUT2D eigenvalue weighted by atomic mass is 10.1. The van der Waals surface area contributed by atoms with E-state index in [1.807, 2.05) is 13.0 Å².